The minimum absolute atomic E-state index is 0.0591. The Hall–Kier alpha value is -0.460. The third-order valence-electron chi connectivity index (χ3n) is 1.27. The molecule has 1 aromatic rings. The molecule has 0 atom stereocenters. The van der Waals surface area contributed by atoms with Gasteiger partial charge in [0.05, 0.1) is 16.1 Å². The Bertz CT molecular complexity index is 314. The number of halogens is 1. The summed E-state index contributed by atoms with van der Waals surface area (Å²) in [7, 11) is 0. The second kappa shape index (κ2) is 5.43. The van der Waals surface area contributed by atoms with Crippen molar-refractivity contribution >= 4 is 38.3 Å². The van der Waals surface area contributed by atoms with E-state index < -0.39 is 0 Å². The molecule has 0 aromatic carbocycles. The van der Waals surface area contributed by atoms with Crippen molar-refractivity contribution in [2.24, 2.45) is 0 Å². The van der Waals surface area contributed by atoms with Crippen molar-refractivity contribution in [2.75, 3.05) is 11.9 Å². The minimum atomic E-state index is -0.180. The van der Waals surface area contributed by atoms with Gasteiger partial charge in [-0.05, 0) is 29.8 Å². The average Bonchev–Trinajstić information content (AvgIpc) is 2.48. The second-order valence-corrected chi connectivity index (χ2v) is 5.29. The highest BCUT2D eigenvalue weighted by Crippen LogP contribution is 2.22. The Balaban J connectivity index is 2.34. The van der Waals surface area contributed by atoms with Gasteiger partial charge in [0.25, 0.3) is 5.91 Å². The van der Waals surface area contributed by atoms with E-state index in [4.69, 9.17) is 4.74 Å². The lowest BCUT2D eigenvalue weighted by molar-refractivity contribution is -0.121. The number of carbonyl (C=O) groups is 1. The molecular weight excluding hydrogens is 268 g/mol. The quantitative estimate of drug-likeness (QED) is 0.919. The summed E-state index contributed by atoms with van der Waals surface area (Å²) in [5.74, 6) is -0.180. The average molecular weight is 279 g/mol. The maximum absolute atomic E-state index is 11.2. The summed E-state index contributed by atoms with van der Waals surface area (Å²) < 4.78 is 6.02. The number of carbonyl (C=O) groups excluding carboxylic acids is 1. The molecule has 4 nitrogen and oxygen atoms in total. The van der Waals surface area contributed by atoms with E-state index in [1.807, 2.05) is 13.8 Å². The van der Waals surface area contributed by atoms with Gasteiger partial charge in [-0.1, -0.05) is 11.3 Å². The van der Waals surface area contributed by atoms with Crippen LogP contribution in [0.4, 0.5) is 5.13 Å². The SMILES string of the molecule is CC(C)OCC(=O)Nc1ncc(Br)s1. The number of thiazole rings is 1. The zero-order chi connectivity index (χ0) is 10.6. The van der Waals surface area contributed by atoms with Crippen molar-refractivity contribution in [1.82, 2.24) is 4.98 Å². The van der Waals surface area contributed by atoms with Gasteiger partial charge in [-0.3, -0.25) is 10.1 Å². The number of hydrogen-bond acceptors (Lipinski definition) is 4. The number of nitrogens with zero attached hydrogens (tertiary/aromatic N) is 1. The fraction of sp³-hybridized carbons (Fsp3) is 0.500. The fourth-order valence-electron chi connectivity index (χ4n) is 0.710. The number of aromatic nitrogens is 1. The van der Waals surface area contributed by atoms with Gasteiger partial charge in [0.2, 0.25) is 0 Å². The Kier molecular flexibility index (Phi) is 4.50. The minimum Gasteiger partial charge on any atom is -0.369 e. The van der Waals surface area contributed by atoms with Crippen molar-refractivity contribution in [2.45, 2.75) is 20.0 Å². The Morgan fingerprint density at radius 3 is 3.00 bits per heavy atom. The molecule has 1 amide bonds. The molecule has 0 aliphatic heterocycles. The van der Waals surface area contributed by atoms with E-state index in [9.17, 15) is 4.79 Å². The first-order valence-corrected chi connectivity index (χ1v) is 5.71. The molecule has 1 heterocycles. The summed E-state index contributed by atoms with van der Waals surface area (Å²) in [6.45, 7) is 3.83. The maximum atomic E-state index is 11.2. The van der Waals surface area contributed by atoms with Crippen LogP contribution in [0.1, 0.15) is 13.8 Å². The van der Waals surface area contributed by atoms with Crippen molar-refractivity contribution in [3.8, 4) is 0 Å². The summed E-state index contributed by atoms with van der Waals surface area (Å²) in [4.78, 5) is 15.2. The highest BCUT2D eigenvalue weighted by Gasteiger charge is 2.06. The molecule has 1 aromatic heterocycles. The highest BCUT2D eigenvalue weighted by molar-refractivity contribution is 9.11. The van der Waals surface area contributed by atoms with Gasteiger partial charge in [-0.2, -0.15) is 0 Å². The number of nitrogens with one attached hydrogen (secondary N) is 1. The van der Waals surface area contributed by atoms with E-state index in [1.54, 1.807) is 6.20 Å². The van der Waals surface area contributed by atoms with Crippen LogP contribution in [-0.4, -0.2) is 23.6 Å². The molecule has 0 unspecified atom stereocenters. The normalized spacial score (nSPS) is 10.6. The smallest absolute Gasteiger partial charge is 0.252 e. The number of hydrogen-bond donors (Lipinski definition) is 1. The molecule has 0 saturated heterocycles. The van der Waals surface area contributed by atoms with Crippen LogP contribution >= 0.6 is 27.3 Å². The predicted octanol–water partition coefficient (Wildman–Crippen LogP) is 2.27. The zero-order valence-electron chi connectivity index (χ0n) is 7.91. The molecule has 78 valence electrons. The largest absolute Gasteiger partial charge is 0.369 e. The molecule has 1 rings (SSSR count). The lowest BCUT2D eigenvalue weighted by Crippen LogP contribution is -2.20. The van der Waals surface area contributed by atoms with E-state index in [0.717, 1.165) is 3.79 Å². The van der Waals surface area contributed by atoms with E-state index in [-0.39, 0.29) is 18.6 Å². The first kappa shape index (κ1) is 11.6. The van der Waals surface area contributed by atoms with Crippen molar-refractivity contribution < 1.29 is 9.53 Å². The molecule has 0 aliphatic carbocycles. The Morgan fingerprint density at radius 1 is 1.79 bits per heavy atom. The summed E-state index contributed by atoms with van der Waals surface area (Å²) in [6, 6.07) is 0. The lowest BCUT2D eigenvalue weighted by Gasteiger charge is -2.06. The Labute approximate surface area is 94.8 Å². The van der Waals surface area contributed by atoms with Gasteiger partial charge in [0.15, 0.2) is 5.13 Å². The standard InChI is InChI=1S/C8H11BrN2O2S/c1-5(2)13-4-7(12)11-8-10-3-6(9)14-8/h3,5H,4H2,1-2H3,(H,10,11,12). The molecular formula is C8H11BrN2O2S. The van der Waals surface area contributed by atoms with Crippen LogP contribution in [-0.2, 0) is 9.53 Å². The second-order valence-electron chi connectivity index (χ2n) is 2.88. The zero-order valence-corrected chi connectivity index (χ0v) is 10.3. The molecule has 1 N–H and O–H groups in total. The number of amides is 1. The van der Waals surface area contributed by atoms with Crippen LogP contribution in [0.3, 0.4) is 0 Å². The topological polar surface area (TPSA) is 51.2 Å². The van der Waals surface area contributed by atoms with Crippen molar-refractivity contribution in [3.05, 3.63) is 9.98 Å². The molecule has 0 saturated carbocycles. The lowest BCUT2D eigenvalue weighted by atomic mass is 10.5. The fourth-order valence-corrected chi connectivity index (χ4v) is 1.83. The maximum Gasteiger partial charge on any atom is 0.252 e. The number of rotatable bonds is 4. The monoisotopic (exact) mass is 278 g/mol. The van der Waals surface area contributed by atoms with E-state index in [0.29, 0.717) is 5.13 Å². The third kappa shape index (κ3) is 4.17. The van der Waals surface area contributed by atoms with Crippen LogP contribution in [0.2, 0.25) is 0 Å². The van der Waals surface area contributed by atoms with Crippen molar-refractivity contribution in [1.29, 1.82) is 0 Å². The van der Waals surface area contributed by atoms with Gasteiger partial charge < -0.3 is 4.74 Å². The first-order chi connectivity index (χ1) is 6.58. The van der Waals surface area contributed by atoms with Crippen LogP contribution < -0.4 is 5.32 Å². The summed E-state index contributed by atoms with van der Waals surface area (Å²) in [5, 5.41) is 3.21. The highest BCUT2D eigenvalue weighted by atomic mass is 79.9. The Morgan fingerprint density at radius 2 is 2.50 bits per heavy atom. The molecule has 0 aliphatic rings. The summed E-state index contributed by atoms with van der Waals surface area (Å²) >= 11 is 4.63. The van der Waals surface area contributed by atoms with E-state index >= 15 is 0 Å². The van der Waals surface area contributed by atoms with Crippen LogP contribution in [0.25, 0.3) is 0 Å². The molecule has 6 heteroatoms. The molecule has 0 bridgehead atoms. The number of anilines is 1. The summed E-state index contributed by atoms with van der Waals surface area (Å²) in [6.07, 6.45) is 1.70. The van der Waals surface area contributed by atoms with Gasteiger partial charge in [0, 0.05) is 0 Å². The van der Waals surface area contributed by atoms with Crippen LogP contribution in [0.15, 0.2) is 9.98 Å². The van der Waals surface area contributed by atoms with Gasteiger partial charge >= 0.3 is 0 Å². The molecule has 14 heavy (non-hydrogen) atoms. The third-order valence-corrected chi connectivity index (χ3v) is 2.66. The number of ether oxygens (including phenoxy) is 1. The van der Waals surface area contributed by atoms with Gasteiger partial charge in [0.1, 0.15) is 6.61 Å². The van der Waals surface area contributed by atoms with E-state index in [2.05, 4.69) is 26.2 Å². The molecule has 0 fully saturated rings. The van der Waals surface area contributed by atoms with Crippen molar-refractivity contribution in [3.63, 3.8) is 0 Å². The van der Waals surface area contributed by atoms with Crippen LogP contribution in [0, 0.1) is 0 Å². The predicted molar refractivity (Wildman–Crippen MR) is 59.5 cm³/mol. The summed E-state index contributed by atoms with van der Waals surface area (Å²) in [5.41, 5.74) is 0. The van der Waals surface area contributed by atoms with E-state index in [1.165, 1.54) is 11.3 Å². The van der Waals surface area contributed by atoms with Gasteiger partial charge in [-0.25, -0.2) is 4.98 Å². The van der Waals surface area contributed by atoms with Gasteiger partial charge in [-0.15, -0.1) is 0 Å². The first-order valence-electron chi connectivity index (χ1n) is 4.10. The molecule has 0 radical (unpaired) electrons. The van der Waals surface area contributed by atoms with Crippen LogP contribution in [0.5, 0.6) is 0 Å². The molecule has 0 spiro atoms.